The molecule has 7 nitrogen and oxygen atoms in total. The van der Waals surface area contributed by atoms with Gasteiger partial charge in [-0.1, -0.05) is 12.1 Å². The molecule has 0 aliphatic heterocycles. The van der Waals surface area contributed by atoms with Gasteiger partial charge in [0.1, 0.15) is 22.7 Å². The Balaban J connectivity index is 2.01. The maximum absolute atomic E-state index is 14.3. The first-order valence-corrected chi connectivity index (χ1v) is 10.7. The monoisotopic (exact) mass is 454 g/mol. The van der Waals surface area contributed by atoms with Crippen LogP contribution in [0.25, 0.3) is 33.5 Å². The van der Waals surface area contributed by atoms with Crippen LogP contribution in [0.2, 0.25) is 0 Å². The zero-order valence-corrected chi connectivity index (χ0v) is 16.8. The average Bonchev–Trinajstić information content (AvgIpc) is 3.29. The summed E-state index contributed by atoms with van der Waals surface area (Å²) < 4.78 is 63.6. The van der Waals surface area contributed by atoms with Crippen LogP contribution in [0, 0.1) is 11.6 Å². The van der Waals surface area contributed by atoms with Gasteiger partial charge >= 0.3 is 0 Å². The number of halogens is 2. The van der Waals surface area contributed by atoms with Crippen LogP contribution in [-0.4, -0.2) is 21.8 Å². The van der Waals surface area contributed by atoms with Crippen molar-refractivity contribution in [2.75, 3.05) is 0 Å². The first-order chi connectivity index (χ1) is 15.1. The molecule has 0 fully saturated rings. The van der Waals surface area contributed by atoms with Gasteiger partial charge in [-0.3, -0.25) is 14.1 Å². The Morgan fingerprint density at radius 2 is 1.28 bits per heavy atom. The third-order valence-electron chi connectivity index (χ3n) is 5.17. The molecule has 0 aliphatic carbocycles. The van der Waals surface area contributed by atoms with E-state index in [4.69, 9.17) is 0 Å². The lowest BCUT2D eigenvalue weighted by Crippen LogP contribution is -2.10. The van der Waals surface area contributed by atoms with Gasteiger partial charge in [0.25, 0.3) is 10.1 Å². The van der Waals surface area contributed by atoms with Gasteiger partial charge in [0.2, 0.25) is 10.9 Å². The summed E-state index contributed by atoms with van der Waals surface area (Å²) in [4.78, 5) is 24.9. The van der Waals surface area contributed by atoms with Gasteiger partial charge in [-0.25, -0.2) is 8.78 Å². The van der Waals surface area contributed by atoms with Crippen molar-refractivity contribution in [2.24, 2.45) is 0 Å². The van der Waals surface area contributed by atoms with Crippen LogP contribution in [0.1, 0.15) is 0 Å². The summed E-state index contributed by atoms with van der Waals surface area (Å²) in [6.45, 7) is 0. The highest BCUT2D eigenvalue weighted by Crippen LogP contribution is 2.33. The minimum atomic E-state index is -4.75. The maximum Gasteiger partial charge on any atom is 0.294 e. The molecule has 0 unspecified atom stereocenters. The van der Waals surface area contributed by atoms with Crippen LogP contribution < -0.4 is 10.9 Å². The SMILES string of the molecule is O=c1ccn2c(-c3cccc(F)c3)c3c(=O)ccn3c(-c3cc(F)cc(S(=O)(=O)O)c3)c12. The molecule has 0 spiro atoms. The Kier molecular flexibility index (Phi) is 4.26. The van der Waals surface area contributed by atoms with Crippen LogP contribution in [0.15, 0.2) is 81.5 Å². The number of aromatic nitrogens is 2. The molecule has 32 heavy (non-hydrogen) atoms. The highest BCUT2D eigenvalue weighted by atomic mass is 32.2. The van der Waals surface area contributed by atoms with Crippen molar-refractivity contribution in [3.8, 4) is 22.5 Å². The molecule has 0 bridgehead atoms. The summed E-state index contributed by atoms with van der Waals surface area (Å²) in [5, 5.41) is 0. The minimum absolute atomic E-state index is 0.0132. The molecule has 0 saturated heterocycles. The Labute approximate surface area is 178 Å². The van der Waals surface area contributed by atoms with Crippen molar-refractivity contribution in [1.82, 2.24) is 8.80 Å². The molecule has 0 saturated carbocycles. The topological polar surface area (TPSA) is 97.3 Å². The van der Waals surface area contributed by atoms with Crippen molar-refractivity contribution >= 4 is 21.2 Å². The van der Waals surface area contributed by atoms with Crippen molar-refractivity contribution in [1.29, 1.82) is 0 Å². The fourth-order valence-electron chi connectivity index (χ4n) is 3.93. The zero-order valence-electron chi connectivity index (χ0n) is 16.0. The third-order valence-corrected chi connectivity index (χ3v) is 6.00. The lowest BCUT2D eigenvalue weighted by Gasteiger charge is -2.15. The molecule has 3 aromatic heterocycles. The normalized spacial score (nSPS) is 12.1. The molecule has 0 aliphatic rings. The highest BCUT2D eigenvalue weighted by Gasteiger charge is 2.23. The molecule has 0 radical (unpaired) electrons. The molecule has 10 heteroatoms. The molecule has 3 heterocycles. The number of nitrogens with zero attached hydrogens (tertiary/aromatic N) is 2. The summed E-state index contributed by atoms with van der Waals surface area (Å²) in [5.74, 6) is -1.52. The zero-order chi connectivity index (χ0) is 22.8. The van der Waals surface area contributed by atoms with Gasteiger partial charge in [0.15, 0.2) is 0 Å². The Bertz CT molecular complexity index is 1770. The third kappa shape index (κ3) is 3.00. The summed E-state index contributed by atoms with van der Waals surface area (Å²) >= 11 is 0. The van der Waals surface area contributed by atoms with E-state index in [1.807, 2.05) is 0 Å². The fraction of sp³-hybridized carbons (Fsp3) is 0. The van der Waals surface area contributed by atoms with E-state index in [0.29, 0.717) is 11.6 Å². The predicted molar refractivity (Wildman–Crippen MR) is 113 cm³/mol. The van der Waals surface area contributed by atoms with Gasteiger partial charge in [-0.2, -0.15) is 8.42 Å². The molecule has 2 aromatic carbocycles. The van der Waals surface area contributed by atoms with Crippen LogP contribution >= 0.6 is 0 Å². The summed E-state index contributed by atoms with van der Waals surface area (Å²) in [6, 6.07) is 10.6. The Morgan fingerprint density at radius 3 is 1.84 bits per heavy atom. The number of fused-ring (bicyclic) bond motifs is 2. The van der Waals surface area contributed by atoms with E-state index in [1.54, 1.807) is 6.07 Å². The summed E-state index contributed by atoms with van der Waals surface area (Å²) in [6.07, 6.45) is 2.76. The average molecular weight is 454 g/mol. The summed E-state index contributed by atoms with van der Waals surface area (Å²) in [7, 11) is -4.75. The standard InChI is InChI=1S/C22H12F2N2O5S/c23-14-3-1-2-12(8-14)19-21-17(27)5-7-26(21)20(22-18(28)4-6-25(19)22)13-9-15(24)11-16(10-13)32(29,30)31/h1-11H,(H,29,30,31). The van der Waals surface area contributed by atoms with Crippen molar-refractivity contribution < 1.29 is 21.8 Å². The van der Waals surface area contributed by atoms with Crippen molar-refractivity contribution in [2.45, 2.75) is 4.90 Å². The first-order valence-electron chi connectivity index (χ1n) is 9.21. The lowest BCUT2D eigenvalue weighted by molar-refractivity contribution is 0.482. The molecule has 0 atom stereocenters. The molecule has 5 rings (SSSR count). The van der Waals surface area contributed by atoms with Gasteiger partial charge in [-0.05, 0) is 30.3 Å². The first kappa shape index (κ1) is 20.0. The van der Waals surface area contributed by atoms with Gasteiger partial charge in [0, 0.05) is 35.7 Å². The predicted octanol–water partition coefficient (Wildman–Crippen LogP) is 3.21. The van der Waals surface area contributed by atoms with Crippen LogP contribution in [0.5, 0.6) is 0 Å². The van der Waals surface area contributed by atoms with E-state index in [9.17, 15) is 31.3 Å². The van der Waals surface area contributed by atoms with Crippen molar-refractivity contribution in [3.63, 3.8) is 0 Å². The van der Waals surface area contributed by atoms with Gasteiger partial charge in [0.05, 0.1) is 16.3 Å². The van der Waals surface area contributed by atoms with E-state index in [1.165, 1.54) is 51.5 Å². The van der Waals surface area contributed by atoms with Crippen LogP contribution in [-0.2, 0) is 10.1 Å². The second kappa shape index (κ2) is 6.81. The molecular formula is C22H12F2N2O5S. The van der Waals surface area contributed by atoms with Gasteiger partial charge in [-0.15, -0.1) is 0 Å². The van der Waals surface area contributed by atoms with Crippen molar-refractivity contribution in [3.05, 3.63) is 99.1 Å². The van der Waals surface area contributed by atoms with E-state index >= 15 is 0 Å². The molecule has 160 valence electrons. The quantitative estimate of drug-likeness (QED) is 0.422. The fourth-order valence-corrected chi connectivity index (χ4v) is 4.46. The van der Waals surface area contributed by atoms with Crippen LogP contribution in [0.4, 0.5) is 8.78 Å². The molecule has 1 N–H and O–H groups in total. The van der Waals surface area contributed by atoms with E-state index in [-0.39, 0.29) is 28.0 Å². The minimum Gasteiger partial charge on any atom is -0.309 e. The number of rotatable bonds is 3. The lowest BCUT2D eigenvalue weighted by atomic mass is 10.1. The van der Waals surface area contributed by atoms with Gasteiger partial charge < -0.3 is 8.80 Å². The molecule has 5 aromatic rings. The molecule has 0 amide bonds. The van der Waals surface area contributed by atoms with E-state index < -0.39 is 37.5 Å². The van der Waals surface area contributed by atoms with E-state index in [2.05, 4.69) is 0 Å². The number of hydrogen-bond donors (Lipinski definition) is 1. The maximum atomic E-state index is 14.3. The second-order valence-corrected chi connectivity index (χ2v) is 8.58. The number of hydrogen-bond acceptors (Lipinski definition) is 4. The largest absolute Gasteiger partial charge is 0.309 e. The van der Waals surface area contributed by atoms with Crippen LogP contribution in [0.3, 0.4) is 0 Å². The Hall–Kier alpha value is -3.89. The second-order valence-electron chi connectivity index (χ2n) is 7.16. The highest BCUT2D eigenvalue weighted by molar-refractivity contribution is 7.85. The molecular weight excluding hydrogens is 442 g/mol. The smallest absolute Gasteiger partial charge is 0.294 e. The summed E-state index contributed by atoms with van der Waals surface area (Å²) in [5.41, 5.74) is -0.280. The van der Waals surface area contributed by atoms with E-state index in [0.717, 1.165) is 12.1 Å². The Morgan fingerprint density at radius 1 is 0.719 bits per heavy atom. The number of benzene rings is 2.